The average Bonchev–Trinajstić information content (AvgIpc) is 2.95. The van der Waals surface area contributed by atoms with Crippen molar-refractivity contribution in [1.82, 2.24) is 20.1 Å². The zero-order chi connectivity index (χ0) is 15.5. The molecular formula is C17H22N4O. The number of fused-ring (bicyclic) bond motifs is 1. The van der Waals surface area contributed by atoms with E-state index in [0.29, 0.717) is 18.2 Å². The Morgan fingerprint density at radius 3 is 2.95 bits per heavy atom. The van der Waals surface area contributed by atoms with E-state index in [9.17, 15) is 4.79 Å². The number of carbonyl (C=O) groups excluding carboxylic acids is 1. The van der Waals surface area contributed by atoms with Crippen molar-refractivity contribution in [2.24, 2.45) is 5.92 Å². The third kappa shape index (κ3) is 3.03. The number of aromatic nitrogens is 3. The quantitative estimate of drug-likeness (QED) is 0.941. The molecule has 0 radical (unpaired) electrons. The van der Waals surface area contributed by atoms with Gasteiger partial charge in [0.15, 0.2) is 5.69 Å². The number of amides is 1. The molecule has 1 aliphatic carbocycles. The van der Waals surface area contributed by atoms with Gasteiger partial charge in [-0.3, -0.25) is 14.9 Å². The van der Waals surface area contributed by atoms with Crippen LogP contribution in [0.3, 0.4) is 0 Å². The zero-order valence-corrected chi connectivity index (χ0v) is 13.2. The molecule has 1 amide bonds. The first-order chi connectivity index (χ1) is 10.6. The van der Waals surface area contributed by atoms with E-state index in [1.807, 2.05) is 19.2 Å². The summed E-state index contributed by atoms with van der Waals surface area (Å²) in [4.78, 5) is 18.4. The molecule has 2 heterocycles. The molecule has 0 saturated carbocycles. The van der Waals surface area contributed by atoms with Crippen molar-refractivity contribution in [2.75, 3.05) is 13.6 Å². The lowest BCUT2D eigenvalue weighted by Gasteiger charge is -2.20. The summed E-state index contributed by atoms with van der Waals surface area (Å²) in [6.45, 7) is 2.91. The number of aromatic amines is 1. The van der Waals surface area contributed by atoms with Crippen LogP contribution >= 0.6 is 0 Å². The monoisotopic (exact) mass is 298 g/mol. The van der Waals surface area contributed by atoms with Crippen molar-refractivity contribution in [1.29, 1.82) is 0 Å². The predicted octanol–water partition coefficient (Wildman–Crippen LogP) is 2.24. The predicted molar refractivity (Wildman–Crippen MR) is 84.7 cm³/mol. The van der Waals surface area contributed by atoms with Crippen LogP contribution in [0.15, 0.2) is 24.5 Å². The number of nitrogens with one attached hydrogen (secondary N) is 1. The maximum Gasteiger partial charge on any atom is 0.274 e. The van der Waals surface area contributed by atoms with Crippen LogP contribution in [0.25, 0.3) is 0 Å². The lowest BCUT2D eigenvalue weighted by molar-refractivity contribution is 0.0789. The highest BCUT2D eigenvalue weighted by Crippen LogP contribution is 2.26. The average molecular weight is 298 g/mol. The summed E-state index contributed by atoms with van der Waals surface area (Å²) in [5.74, 6) is 0.638. The number of pyridine rings is 1. The Hall–Kier alpha value is -2.17. The maximum absolute atomic E-state index is 12.6. The van der Waals surface area contributed by atoms with Gasteiger partial charge in [-0.2, -0.15) is 5.10 Å². The van der Waals surface area contributed by atoms with Crippen LogP contribution in [0.1, 0.15) is 40.7 Å². The van der Waals surface area contributed by atoms with Gasteiger partial charge in [0.1, 0.15) is 0 Å². The third-order valence-corrected chi connectivity index (χ3v) is 4.43. The van der Waals surface area contributed by atoms with Crippen molar-refractivity contribution < 1.29 is 4.79 Å². The Balaban J connectivity index is 1.67. The van der Waals surface area contributed by atoms with Crippen molar-refractivity contribution >= 4 is 5.91 Å². The SMILES string of the molecule is C[C@@H]1CCc2[nH]nc(C(=O)N(C)CCc3ccncc3)c2C1. The number of hydrogen-bond donors (Lipinski definition) is 1. The second-order valence-electron chi connectivity index (χ2n) is 6.21. The second kappa shape index (κ2) is 6.30. The Morgan fingerprint density at radius 1 is 1.41 bits per heavy atom. The van der Waals surface area contributed by atoms with Gasteiger partial charge in [0.25, 0.3) is 5.91 Å². The molecule has 1 N–H and O–H groups in total. The largest absolute Gasteiger partial charge is 0.340 e. The van der Waals surface area contributed by atoms with Gasteiger partial charge in [-0.1, -0.05) is 6.92 Å². The molecule has 0 aliphatic heterocycles. The van der Waals surface area contributed by atoms with Crippen molar-refractivity contribution in [3.05, 3.63) is 47.0 Å². The molecule has 2 aromatic heterocycles. The standard InChI is InChI=1S/C17H22N4O/c1-12-3-4-15-14(11-12)16(20-19-15)17(22)21(2)10-7-13-5-8-18-9-6-13/h5-6,8-9,12H,3-4,7,10-11H2,1-2H3,(H,19,20)/t12-/m1/s1. The van der Waals surface area contributed by atoms with Gasteiger partial charge >= 0.3 is 0 Å². The number of carbonyl (C=O) groups is 1. The molecule has 0 bridgehead atoms. The van der Waals surface area contributed by atoms with Gasteiger partial charge < -0.3 is 4.90 Å². The minimum atomic E-state index is 0.0145. The topological polar surface area (TPSA) is 61.9 Å². The summed E-state index contributed by atoms with van der Waals surface area (Å²) < 4.78 is 0. The van der Waals surface area contributed by atoms with Crippen LogP contribution in [0.4, 0.5) is 0 Å². The Morgan fingerprint density at radius 2 is 2.18 bits per heavy atom. The smallest absolute Gasteiger partial charge is 0.274 e. The fourth-order valence-corrected chi connectivity index (χ4v) is 2.97. The van der Waals surface area contributed by atoms with E-state index in [1.165, 1.54) is 12.0 Å². The summed E-state index contributed by atoms with van der Waals surface area (Å²) in [5, 5.41) is 7.33. The molecule has 0 saturated heterocycles. The van der Waals surface area contributed by atoms with Crippen LogP contribution in [-0.2, 0) is 19.3 Å². The third-order valence-electron chi connectivity index (χ3n) is 4.43. The molecule has 5 heteroatoms. The van der Waals surface area contributed by atoms with Crippen LogP contribution in [-0.4, -0.2) is 39.6 Å². The molecule has 5 nitrogen and oxygen atoms in total. The highest BCUT2D eigenvalue weighted by molar-refractivity contribution is 5.93. The first-order valence-electron chi connectivity index (χ1n) is 7.85. The van der Waals surface area contributed by atoms with E-state index in [0.717, 1.165) is 30.5 Å². The Bertz CT molecular complexity index is 650. The van der Waals surface area contributed by atoms with Crippen molar-refractivity contribution in [2.45, 2.75) is 32.6 Å². The molecule has 0 fully saturated rings. The van der Waals surface area contributed by atoms with Crippen LogP contribution in [0.5, 0.6) is 0 Å². The van der Waals surface area contributed by atoms with E-state index >= 15 is 0 Å². The number of likely N-dealkylation sites (N-methyl/N-ethyl adjacent to an activating group) is 1. The molecule has 2 aromatic rings. The highest BCUT2D eigenvalue weighted by atomic mass is 16.2. The lowest BCUT2D eigenvalue weighted by atomic mass is 9.87. The molecule has 22 heavy (non-hydrogen) atoms. The first-order valence-corrected chi connectivity index (χ1v) is 7.85. The summed E-state index contributed by atoms with van der Waals surface area (Å²) >= 11 is 0. The maximum atomic E-state index is 12.6. The van der Waals surface area contributed by atoms with Gasteiger partial charge in [-0.05, 0) is 49.3 Å². The summed E-state index contributed by atoms with van der Waals surface area (Å²) in [7, 11) is 1.84. The van der Waals surface area contributed by atoms with Crippen LogP contribution in [0, 0.1) is 5.92 Å². The van der Waals surface area contributed by atoms with Gasteiger partial charge in [-0.25, -0.2) is 0 Å². The molecule has 0 unspecified atom stereocenters. The normalized spacial score (nSPS) is 17.1. The van der Waals surface area contributed by atoms with Gasteiger partial charge in [-0.15, -0.1) is 0 Å². The van der Waals surface area contributed by atoms with E-state index in [2.05, 4.69) is 22.1 Å². The van der Waals surface area contributed by atoms with Crippen molar-refractivity contribution in [3.63, 3.8) is 0 Å². The second-order valence-corrected chi connectivity index (χ2v) is 6.21. The first kappa shape index (κ1) is 14.8. The van der Waals surface area contributed by atoms with Gasteiger partial charge in [0.2, 0.25) is 0 Å². The molecule has 0 spiro atoms. The van der Waals surface area contributed by atoms with Crippen molar-refractivity contribution in [3.8, 4) is 0 Å². The number of H-pyrrole nitrogens is 1. The molecular weight excluding hydrogens is 276 g/mol. The zero-order valence-electron chi connectivity index (χ0n) is 13.2. The van der Waals surface area contributed by atoms with Crippen LogP contribution in [0.2, 0.25) is 0 Å². The summed E-state index contributed by atoms with van der Waals surface area (Å²) in [5.41, 5.74) is 4.06. The number of aryl methyl sites for hydroxylation is 1. The Kier molecular flexibility index (Phi) is 4.22. The van der Waals surface area contributed by atoms with E-state index in [1.54, 1.807) is 17.3 Å². The van der Waals surface area contributed by atoms with E-state index < -0.39 is 0 Å². The molecule has 116 valence electrons. The Labute approximate surface area is 130 Å². The van der Waals surface area contributed by atoms with E-state index in [4.69, 9.17) is 0 Å². The molecule has 1 atom stereocenters. The minimum absolute atomic E-state index is 0.0145. The summed E-state index contributed by atoms with van der Waals surface area (Å²) in [6, 6.07) is 3.97. The fraction of sp³-hybridized carbons (Fsp3) is 0.471. The highest BCUT2D eigenvalue weighted by Gasteiger charge is 2.26. The number of hydrogen-bond acceptors (Lipinski definition) is 3. The molecule has 3 rings (SSSR count). The van der Waals surface area contributed by atoms with Crippen LogP contribution < -0.4 is 0 Å². The molecule has 1 aliphatic rings. The number of nitrogens with zero attached hydrogens (tertiary/aromatic N) is 3. The summed E-state index contributed by atoms with van der Waals surface area (Å²) in [6.07, 6.45) is 7.50. The van der Waals surface area contributed by atoms with E-state index in [-0.39, 0.29) is 5.91 Å². The number of rotatable bonds is 4. The van der Waals surface area contributed by atoms with Gasteiger partial charge in [0.05, 0.1) is 0 Å². The lowest BCUT2D eigenvalue weighted by Crippen LogP contribution is -2.30. The molecule has 0 aromatic carbocycles. The fourth-order valence-electron chi connectivity index (χ4n) is 2.97. The van der Waals surface area contributed by atoms with Gasteiger partial charge in [0, 0.05) is 37.2 Å². The minimum Gasteiger partial charge on any atom is -0.340 e.